The summed E-state index contributed by atoms with van der Waals surface area (Å²) in [5.74, 6) is 0.583. The van der Waals surface area contributed by atoms with E-state index in [1.54, 1.807) is 11.9 Å². The van der Waals surface area contributed by atoms with E-state index in [9.17, 15) is 0 Å². The van der Waals surface area contributed by atoms with Crippen molar-refractivity contribution < 1.29 is 0 Å². The first-order valence-electron chi connectivity index (χ1n) is 2.77. The number of nitriles is 1. The maximum atomic E-state index is 8.26. The maximum Gasteiger partial charge on any atom is 0.179 e. The third-order valence-electron chi connectivity index (χ3n) is 0.810. The molecule has 0 bridgehead atoms. The lowest BCUT2D eigenvalue weighted by atomic mass is 10.2. The van der Waals surface area contributed by atoms with E-state index in [1.807, 2.05) is 6.19 Å². The minimum absolute atomic E-state index is 0.583. The predicted octanol–water partition coefficient (Wildman–Crippen LogP) is 1.06. The van der Waals surface area contributed by atoms with Gasteiger partial charge in [0.2, 0.25) is 0 Å². The quantitative estimate of drug-likeness (QED) is 0.394. The number of hydrogen-bond donors (Lipinski definition) is 0. The van der Waals surface area contributed by atoms with Gasteiger partial charge in [-0.05, 0) is 5.92 Å². The van der Waals surface area contributed by atoms with Crippen molar-refractivity contribution in [3.05, 3.63) is 0 Å². The van der Waals surface area contributed by atoms with Gasteiger partial charge in [0.15, 0.2) is 6.19 Å². The molecule has 0 N–H and O–H groups in total. The van der Waals surface area contributed by atoms with Crippen molar-refractivity contribution in [2.45, 2.75) is 13.8 Å². The number of nitrogens with zero attached hydrogens (tertiary/aromatic N) is 2. The van der Waals surface area contributed by atoms with Crippen LogP contribution in [-0.4, -0.2) is 18.5 Å². The number of hydrogen-bond acceptors (Lipinski definition) is 2. The largest absolute Gasteiger partial charge is 0.313 e. The van der Waals surface area contributed by atoms with Crippen LogP contribution in [0.15, 0.2) is 0 Å². The van der Waals surface area contributed by atoms with E-state index in [2.05, 4.69) is 13.8 Å². The van der Waals surface area contributed by atoms with Gasteiger partial charge in [0.05, 0.1) is 0 Å². The van der Waals surface area contributed by atoms with E-state index < -0.39 is 0 Å². The summed E-state index contributed by atoms with van der Waals surface area (Å²) in [6, 6.07) is 0. The van der Waals surface area contributed by atoms with Crippen LogP contribution >= 0.6 is 0 Å². The van der Waals surface area contributed by atoms with Crippen molar-refractivity contribution in [1.29, 1.82) is 5.26 Å². The lowest BCUT2D eigenvalue weighted by molar-refractivity contribution is 0.403. The summed E-state index contributed by atoms with van der Waals surface area (Å²) in [6.45, 7) is 5.04. The monoisotopic (exact) mass is 112 g/mol. The van der Waals surface area contributed by atoms with E-state index >= 15 is 0 Å². The highest BCUT2D eigenvalue weighted by atomic mass is 15.1. The fourth-order valence-electron chi connectivity index (χ4n) is 0.589. The Kier molecular flexibility index (Phi) is 3.02. The van der Waals surface area contributed by atoms with Crippen molar-refractivity contribution in [2.75, 3.05) is 13.6 Å². The zero-order chi connectivity index (χ0) is 6.57. The smallest absolute Gasteiger partial charge is 0.179 e. The second-order valence-electron chi connectivity index (χ2n) is 2.37. The van der Waals surface area contributed by atoms with Gasteiger partial charge in [-0.2, -0.15) is 5.26 Å². The highest BCUT2D eigenvalue weighted by Crippen LogP contribution is 1.92. The molecule has 0 spiro atoms. The molecule has 0 saturated carbocycles. The van der Waals surface area contributed by atoms with Crippen LogP contribution < -0.4 is 0 Å². The molecule has 0 aliphatic heterocycles. The molecule has 0 aromatic carbocycles. The highest BCUT2D eigenvalue weighted by Gasteiger charge is 1.95. The lowest BCUT2D eigenvalue weighted by Crippen LogP contribution is -2.16. The van der Waals surface area contributed by atoms with Gasteiger partial charge >= 0.3 is 0 Å². The molecule has 2 nitrogen and oxygen atoms in total. The average Bonchev–Trinajstić information content (AvgIpc) is 1.65. The molecule has 0 aliphatic carbocycles. The molecule has 0 radical (unpaired) electrons. The Morgan fingerprint density at radius 2 is 2.12 bits per heavy atom. The second-order valence-corrected chi connectivity index (χ2v) is 2.37. The molecule has 0 heterocycles. The van der Waals surface area contributed by atoms with Gasteiger partial charge in [0.1, 0.15) is 0 Å². The first kappa shape index (κ1) is 7.29. The fourth-order valence-corrected chi connectivity index (χ4v) is 0.589. The fraction of sp³-hybridized carbons (Fsp3) is 0.833. The normalized spacial score (nSPS) is 8.88. The number of rotatable bonds is 2. The van der Waals surface area contributed by atoms with Crippen LogP contribution in [0.1, 0.15) is 13.8 Å². The standard InChI is InChI=1S/C6H12N2/c1-6(2)4-8(3)5-7/h6H,4H2,1-3H3. The van der Waals surface area contributed by atoms with Gasteiger partial charge in [-0.1, -0.05) is 13.8 Å². The van der Waals surface area contributed by atoms with E-state index in [0.717, 1.165) is 6.54 Å². The summed E-state index contributed by atoms with van der Waals surface area (Å²) in [4.78, 5) is 1.63. The van der Waals surface area contributed by atoms with Crippen molar-refractivity contribution in [3.63, 3.8) is 0 Å². The highest BCUT2D eigenvalue weighted by molar-refractivity contribution is 4.68. The van der Waals surface area contributed by atoms with Gasteiger partial charge in [-0.25, -0.2) is 0 Å². The van der Waals surface area contributed by atoms with Crippen molar-refractivity contribution in [3.8, 4) is 6.19 Å². The van der Waals surface area contributed by atoms with Gasteiger partial charge in [-0.3, -0.25) is 0 Å². The molecule has 0 aliphatic rings. The lowest BCUT2D eigenvalue weighted by Gasteiger charge is -2.09. The summed E-state index contributed by atoms with van der Waals surface area (Å²) in [6.07, 6.45) is 2.03. The molecule has 0 amide bonds. The predicted molar refractivity (Wildman–Crippen MR) is 33.1 cm³/mol. The van der Waals surface area contributed by atoms with Crippen LogP contribution in [-0.2, 0) is 0 Å². The van der Waals surface area contributed by atoms with Crippen molar-refractivity contribution >= 4 is 0 Å². The van der Waals surface area contributed by atoms with Crippen LogP contribution in [0.2, 0.25) is 0 Å². The van der Waals surface area contributed by atoms with Gasteiger partial charge in [0.25, 0.3) is 0 Å². The summed E-state index contributed by atoms with van der Waals surface area (Å²) in [5, 5.41) is 8.26. The Bertz CT molecular complexity index is 91.2. The van der Waals surface area contributed by atoms with E-state index in [-0.39, 0.29) is 0 Å². The first-order valence-corrected chi connectivity index (χ1v) is 2.77. The van der Waals surface area contributed by atoms with Crippen molar-refractivity contribution in [2.24, 2.45) is 5.92 Å². The summed E-state index contributed by atoms with van der Waals surface area (Å²) in [7, 11) is 1.79. The Hall–Kier alpha value is -0.710. The van der Waals surface area contributed by atoms with E-state index in [1.165, 1.54) is 0 Å². The molecule has 0 fully saturated rings. The summed E-state index contributed by atoms with van der Waals surface area (Å²) < 4.78 is 0. The van der Waals surface area contributed by atoms with Crippen molar-refractivity contribution in [1.82, 2.24) is 4.90 Å². The van der Waals surface area contributed by atoms with Crippen LogP contribution in [0.3, 0.4) is 0 Å². The molecule has 0 atom stereocenters. The Labute approximate surface area is 50.7 Å². The van der Waals surface area contributed by atoms with Gasteiger partial charge in [0, 0.05) is 13.6 Å². The van der Waals surface area contributed by atoms with Gasteiger partial charge in [-0.15, -0.1) is 0 Å². The van der Waals surface area contributed by atoms with E-state index in [0.29, 0.717) is 5.92 Å². The Morgan fingerprint density at radius 1 is 1.62 bits per heavy atom. The van der Waals surface area contributed by atoms with Crippen LogP contribution in [0, 0.1) is 17.4 Å². The second kappa shape index (κ2) is 3.31. The molecule has 8 heavy (non-hydrogen) atoms. The molecule has 46 valence electrons. The molecular weight excluding hydrogens is 100 g/mol. The SMILES string of the molecule is CC(C)CN(C)C#N. The molecule has 0 aromatic heterocycles. The third kappa shape index (κ3) is 3.48. The maximum absolute atomic E-state index is 8.26. The van der Waals surface area contributed by atoms with Gasteiger partial charge < -0.3 is 4.90 Å². The van der Waals surface area contributed by atoms with Crippen LogP contribution in [0.25, 0.3) is 0 Å². The Morgan fingerprint density at radius 3 is 2.25 bits per heavy atom. The zero-order valence-electron chi connectivity index (χ0n) is 5.68. The molecule has 0 aromatic rings. The third-order valence-corrected chi connectivity index (χ3v) is 0.810. The molecule has 0 saturated heterocycles. The summed E-state index contributed by atoms with van der Waals surface area (Å²) in [5.41, 5.74) is 0. The molecule has 0 rings (SSSR count). The average molecular weight is 112 g/mol. The topological polar surface area (TPSA) is 27.0 Å². The first-order chi connectivity index (χ1) is 3.66. The summed E-state index contributed by atoms with van der Waals surface area (Å²) >= 11 is 0. The zero-order valence-corrected chi connectivity index (χ0v) is 5.68. The van der Waals surface area contributed by atoms with Crippen LogP contribution in [0.5, 0.6) is 0 Å². The minimum Gasteiger partial charge on any atom is -0.313 e. The molecule has 0 unspecified atom stereocenters. The minimum atomic E-state index is 0.583. The molecular formula is C6H12N2. The molecule has 2 heteroatoms. The van der Waals surface area contributed by atoms with E-state index in [4.69, 9.17) is 5.26 Å². The van der Waals surface area contributed by atoms with Crippen LogP contribution in [0.4, 0.5) is 0 Å². The Balaban J connectivity index is 3.28.